The van der Waals surface area contributed by atoms with Gasteiger partial charge in [-0.25, -0.2) is 0 Å². The first-order valence-electron chi connectivity index (χ1n) is 10.4. The second kappa shape index (κ2) is 15.1. The summed E-state index contributed by atoms with van der Waals surface area (Å²) in [6, 6.07) is 4.56. The van der Waals surface area contributed by atoms with Crippen molar-refractivity contribution < 1.29 is 0 Å². The molecule has 0 aromatic rings. The summed E-state index contributed by atoms with van der Waals surface area (Å²) in [4.78, 5) is 6.60. The van der Waals surface area contributed by atoms with Crippen LogP contribution in [0.15, 0.2) is 65.5 Å². The lowest BCUT2D eigenvalue weighted by Gasteiger charge is -2.18. The zero-order valence-corrected chi connectivity index (χ0v) is 18.8. The van der Waals surface area contributed by atoms with Crippen LogP contribution in [0.25, 0.3) is 0 Å². The van der Waals surface area contributed by atoms with Gasteiger partial charge in [0.15, 0.2) is 0 Å². The molecule has 4 heteroatoms. The van der Waals surface area contributed by atoms with Gasteiger partial charge in [-0.1, -0.05) is 58.1 Å². The number of rotatable bonds is 12. The molecule has 0 heterocycles. The maximum Gasteiger partial charge on any atom is 0.131 e. The van der Waals surface area contributed by atoms with Crippen LogP contribution in [0.5, 0.6) is 0 Å². The molecular weight excluding hydrogens is 356 g/mol. The van der Waals surface area contributed by atoms with E-state index in [1.807, 2.05) is 36.3 Å². The monoisotopic (exact) mass is 392 g/mol. The van der Waals surface area contributed by atoms with Crippen molar-refractivity contribution in [3.63, 3.8) is 0 Å². The average Bonchev–Trinajstić information content (AvgIpc) is 2.73. The standard InChI is InChI=1S/C25H36N4/c1-8-12-24(18-27)19-29(10-3)25(28-23(7)9-2)16-15-22(6)21(5)14-11-13-20(4)17-26/h10,13,15-16,19,21,23H,3,6,8-9,11-12,14H2,1-2,4-5,7H3/b16-15-,20-13+,24-19+,28-25+. The summed E-state index contributed by atoms with van der Waals surface area (Å²) in [6.07, 6.45) is 13.7. The van der Waals surface area contributed by atoms with Crippen molar-refractivity contribution >= 4 is 5.84 Å². The van der Waals surface area contributed by atoms with Gasteiger partial charge in [-0.3, -0.25) is 4.99 Å². The third-order valence-corrected chi connectivity index (χ3v) is 4.67. The first-order valence-corrected chi connectivity index (χ1v) is 10.4. The van der Waals surface area contributed by atoms with E-state index in [1.54, 1.807) is 6.20 Å². The van der Waals surface area contributed by atoms with Crippen molar-refractivity contribution in [3.8, 4) is 12.1 Å². The number of aliphatic imine (C=N–C) groups is 1. The SMILES string of the molecule is C=CN(/C=C(/C#N)CCC)C(/C=C\C(=C)C(C)CC/C=C(\C)C#N)=N/C(C)CC. The highest BCUT2D eigenvalue weighted by atomic mass is 15.2. The van der Waals surface area contributed by atoms with Crippen LogP contribution >= 0.6 is 0 Å². The van der Waals surface area contributed by atoms with Crippen LogP contribution in [0.2, 0.25) is 0 Å². The molecule has 0 aliphatic rings. The molecule has 0 N–H and O–H groups in total. The molecule has 0 saturated heterocycles. The van der Waals surface area contributed by atoms with Gasteiger partial charge in [-0.15, -0.1) is 0 Å². The number of hydrogen-bond donors (Lipinski definition) is 0. The van der Waals surface area contributed by atoms with E-state index in [2.05, 4.69) is 53.0 Å². The van der Waals surface area contributed by atoms with Gasteiger partial charge in [-0.05, 0) is 51.5 Å². The van der Waals surface area contributed by atoms with Gasteiger partial charge in [0.05, 0.1) is 12.1 Å². The normalized spacial score (nSPS) is 14.8. The molecule has 0 amide bonds. The summed E-state index contributed by atoms with van der Waals surface area (Å²) in [7, 11) is 0. The van der Waals surface area contributed by atoms with E-state index >= 15 is 0 Å². The Kier molecular flexibility index (Phi) is 13.6. The van der Waals surface area contributed by atoms with Crippen LogP contribution in [0.3, 0.4) is 0 Å². The van der Waals surface area contributed by atoms with E-state index in [4.69, 9.17) is 10.3 Å². The Hall–Kier alpha value is -2.85. The molecule has 0 aliphatic heterocycles. The number of amidine groups is 1. The lowest BCUT2D eigenvalue weighted by molar-refractivity contribution is 0.635. The molecule has 2 unspecified atom stereocenters. The molecule has 156 valence electrons. The molecule has 29 heavy (non-hydrogen) atoms. The quantitative estimate of drug-likeness (QED) is 0.158. The van der Waals surface area contributed by atoms with Gasteiger partial charge in [0.25, 0.3) is 0 Å². The smallest absolute Gasteiger partial charge is 0.131 e. The van der Waals surface area contributed by atoms with Crippen molar-refractivity contribution in [1.82, 2.24) is 4.90 Å². The third-order valence-electron chi connectivity index (χ3n) is 4.67. The second-order valence-corrected chi connectivity index (χ2v) is 7.24. The van der Waals surface area contributed by atoms with Crippen molar-refractivity contribution in [2.24, 2.45) is 10.9 Å². The highest BCUT2D eigenvalue weighted by molar-refractivity contribution is 5.95. The number of hydrogen-bond acceptors (Lipinski definition) is 3. The summed E-state index contributed by atoms with van der Waals surface area (Å²) >= 11 is 0. The van der Waals surface area contributed by atoms with Crippen LogP contribution < -0.4 is 0 Å². The Bertz CT molecular complexity index is 738. The van der Waals surface area contributed by atoms with Crippen LogP contribution in [-0.2, 0) is 0 Å². The first-order chi connectivity index (χ1) is 13.8. The fourth-order valence-corrected chi connectivity index (χ4v) is 2.44. The van der Waals surface area contributed by atoms with Crippen molar-refractivity contribution in [2.75, 3.05) is 0 Å². The van der Waals surface area contributed by atoms with Crippen LogP contribution in [0.1, 0.15) is 66.7 Å². The molecule has 4 nitrogen and oxygen atoms in total. The minimum absolute atomic E-state index is 0.159. The maximum absolute atomic E-state index is 9.37. The number of nitrogens with zero attached hydrogens (tertiary/aromatic N) is 4. The summed E-state index contributed by atoms with van der Waals surface area (Å²) in [5.41, 5.74) is 2.45. The van der Waals surface area contributed by atoms with Gasteiger partial charge in [0, 0.05) is 29.6 Å². The molecule has 0 rings (SSSR count). The van der Waals surface area contributed by atoms with Gasteiger partial charge in [0.1, 0.15) is 5.84 Å². The third kappa shape index (κ3) is 10.9. The molecule has 0 aliphatic carbocycles. The average molecular weight is 393 g/mol. The van der Waals surface area contributed by atoms with Gasteiger partial charge < -0.3 is 4.90 Å². The van der Waals surface area contributed by atoms with Gasteiger partial charge in [-0.2, -0.15) is 10.5 Å². The number of allylic oxidation sites excluding steroid dienone is 5. The summed E-state index contributed by atoms with van der Waals surface area (Å²) in [6.45, 7) is 18.3. The topological polar surface area (TPSA) is 63.2 Å². The Morgan fingerprint density at radius 3 is 2.38 bits per heavy atom. The van der Waals surface area contributed by atoms with Crippen molar-refractivity contribution in [1.29, 1.82) is 10.5 Å². The van der Waals surface area contributed by atoms with E-state index in [1.165, 1.54) is 0 Å². The predicted molar refractivity (Wildman–Crippen MR) is 124 cm³/mol. The van der Waals surface area contributed by atoms with Crippen molar-refractivity contribution in [3.05, 3.63) is 60.5 Å². The van der Waals surface area contributed by atoms with E-state index < -0.39 is 0 Å². The summed E-state index contributed by atoms with van der Waals surface area (Å²) < 4.78 is 0. The highest BCUT2D eigenvalue weighted by Crippen LogP contribution is 2.18. The lowest BCUT2D eigenvalue weighted by Crippen LogP contribution is -2.20. The zero-order chi connectivity index (χ0) is 22.2. The summed E-state index contributed by atoms with van der Waals surface area (Å²) in [5, 5.41) is 18.2. The fourth-order valence-electron chi connectivity index (χ4n) is 2.44. The largest absolute Gasteiger partial charge is 0.309 e. The Morgan fingerprint density at radius 2 is 1.86 bits per heavy atom. The summed E-state index contributed by atoms with van der Waals surface area (Å²) in [5.74, 6) is 1.04. The van der Waals surface area contributed by atoms with Gasteiger partial charge >= 0.3 is 0 Å². The minimum atomic E-state index is 0.159. The Balaban J connectivity index is 5.50. The lowest BCUT2D eigenvalue weighted by atomic mass is 9.96. The van der Waals surface area contributed by atoms with Gasteiger partial charge in [0.2, 0.25) is 0 Å². The molecule has 0 bridgehead atoms. The van der Waals surface area contributed by atoms with Crippen molar-refractivity contribution in [2.45, 2.75) is 72.8 Å². The Labute approximate surface area is 177 Å². The van der Waals surface area contributed by atoms with E-state index in [0.717, 1.165) is 49.1 Å². The minimum Gasteiger partial charge on any atom is -0.309 e. The molecule has 2 atom stereocenters. The highest BCUT2D eigenvalue weighted by Gasteiger charge is 2.09. The molecule has 0 fully saturated rings. The molecule has 0 aromatic carbocycles. The first kappa shape index (κ1) is 26.1. The molecule has 0 radical (unpaired) electrons. The maximum atomic E-state index is 9.37. The van der Waals surface area contributed by atoms with Crippen LogP contribution in [-0.4, -0.2) is 16.8 Å². The number of nitriles is 2. The molecular formula is C25H36N4. The molecule has 0 saturated carbocycles. The van der Waals surface area contributed by atoms with Crippen LogP contribution in [0.4, 0.5) is 0 Å². The molecule has 0 spiro atoms. The Morgan fingerprint density at radius 1 is 1.17 bits per heavy atom. The second-order valence-electron chi connectivity index (χ2n) is 7.24. The van der Waals surface area contributed by atoms with E-state index in [0.29, 0.717) is 11.5 Å². The van der Waals surface area contributed by atoms with E-state index in [9.17, 15) is 5.26 Å². The van der Waals surface area contributed by atoms with E-state index in [-0.39, 0.29) is 6.04 Å². The fraction of sp³-hybridized carbons (Fsp3) is 0.480. The van der Waals surface area contributed by atoms with Crippen LogP contribution in [0, 0.1) is 28.6 Å². The molecule has 0 aromatic heterocycles. The predicted octanol–water partition coefficient (Wildman–Crippen LogP) is 6.84. The zero-order valence-electron chi connectivity index (χ0n) is 18.8.